The number of carbonyl (C=O) groups excluding carboxylic acids is 1. The monoisotopic (exact) mass is 389 g/mol. The fourth-order valence-corrected chi connectivity index (χ4v) is 4.89. The summed E-state index contributed by atoms with van der Waals surface area (Å²) in [7, 11) is 0. The quantitative estimate of drug-likeness (QED) is 0.685. The number of aromatic nitrogens is 1. The molecule has 1 N–H and O–H groups in total. The third kappa shape index (κ3) is 3.46. The number of halogens is 1. The zero-order chi connectivity index (χ0) is 19.8. The van der Waals surface area contributed by atoms with Crippen LogP contribution in [-0.2, 0) is 4.79 Å². The second kappa shape index (κ2) is 7.14. The highest BCUT2D eigenvalue weighted by Gasteiger charge is 2.46. The number of hydrogen-bond acceptors (Lipinski definition) is 3. The third-order valence-corrected chi connectivity index (χ3v) is 6.53. The summed E-state index contributed by atoms with van der Waals surface area (Å²) in [5, 5.41) is 3.92. The molecule has 1 spiro atoms. The Kier molecular flexibility index (Phi) is 4.46. The van der Waals surface area contributed by atoms with Gasteiger partial charge in [0.25, 0.3) is 0 Å². The van der Waals surface area contributed by atoms with Crippen molar-refractivity contribution in [3.8, 4) is 0 Å². The zero-order valence-corrected chi connectivity index (χ0v) is 16.3. The minimum atomic E-state index is -0.230. The topological polar surface area (TPSA) is 45.2 Å². The van der Waals surface area contributed by atoms with Gasteiger partial charge in [-0.2, -0.15) is 0 Å². The van der Waals surface area contributed by atoms with E-state index in [1.165, 1.54) is 6.07 Å². The Morgan fingerprint density at radius 2 is 1.83 bits per heavy atom. The van der Waals surface area contributed by atoms with Gasteiger partial charge in [-0.15, -0.1) is 0 Å². The average molecular weight is 389 g/mol. The summed E-state index contributed by atoms with van der Waals surface area (Å²) in [6, 6.07) is 16.4. The molecule has 3 aromatic rings. The molecule has 1 aliphatic heterocycles. The predicted molar refractivity (Wildman–Crippen MR) is 113 cm³/mol. The lowest BCUT2D eigenvalue weighted by atomic mass is 9.65. The molecule has 5 heteroatoms. The van der Waals surface area contributed by atoms with E-state index in [0.717, 1.165) is 61.1 Å². The molecule has 1 aliphatic carbocycles. The van der Waals surface area contributed by atoms with E-state index in [2.05, 4.69) is 15.2 Å². The summed E-state index contributed by atoms with van der Waals surface area (Å²) in [6.45, 7) is 1.94. The second-order valence-corrected chi connectivity index (χ2v) is 8.48. The van der Waals surface area contributed by atoms with Crippen LogP contribution in [0.3, 0.4) is 0 Å². The maximum atomic E-state index is 13.7. The van der Waals surface area contributed by atoms with E-state index >= 15 is 0 Å². The van der Waals surface area contributed by atoms with Crippen LogP contribution < -0.4 is 10.2 Å². The number of carbonyl (C=O) groups is 1. The molecule has 1 saturated heterocycles. The number of nitrogens with one attached hydrogen (secondary N) is 1. The Labute approximate surface area is 169 Å². The largest absolute Gasteiger partial charge is 0.370 e. The average Bonchev–Trinajstić information content (AvgIpc) is 2.72. The molecule has 1 aromatic heterocycles. The van der Waals surface area contributed by atoms with Crippen LogP contribution >= 0.6 is 0 Å². The summed E-state index contributed by atoms with van der Waals surface area (Å²) in [5.74, 6) is -0.00418. The van der Waals surface area contributed by atoms with Crippen LogP contribution in [0.1, 0.15) is 25.7 Å². The highest BCUT2D eigenvalue weighted by atomic mass is 19.1. The van der Waals surface area contributed by atoms with Gasteiger partial charge in [0.2, 0.25) is 5.91 Å². The smallest absolute Gasteiger partial charge is 0.227 e. The van der Waals surface area contributed by atoms with Gasteiger partial charge < -0.3 is 10.2 Å². The Balaban J connectivity index is 1.22. The molecule has 2 aliphatic rings. The first-order chi connectivity index (χ1) is 14.1. The van der Waals surface area contributed by atoms with Gasteiger partial charge in [0, 0.05) is 47.4 Å². The van der Waals surface area contributed by atoms with Crippen molar-refractivity contribution in [1.29, 1.82) is 0 Å². The Bertz CT molecular complexity index is 1040. The van der Waals surface area contributed by atoms with Gasteiger partial charge in [0.05, 0.1) is 5.52 Å². The standard InChI is InChI=1S/C24H24FN3O/c25-18-6-7-21-20(14-18)22(10-13-26-21)28-15-24(16-28)11-8-17(9-12-24)23(29)27-19-4-2-1-3-5-19/h1-7,10,13-14,17H,8-9,11-12,15-16H2,(H,27,29). The molecule has 2 fully saturated rings. The number of pyridine rings is 1. The number of nitrogens with zero attached hydrogens (tertiary/aromatic N) is 2. The van der Waals surface area contributed by atoms with Crippen LogP contribution in [-0.4, -0.2) is 24.0 Å². The SMILES string of the molecule is O=C(Nc1ccccc1)C1CCC2(CC1)CN(c1ccnc3ccc(F)cc13)C2. The minimum absolute atomic E-state index is 0.0886. The fourth-order valence-electron chi connectivity index (χ4n) is 4.89. The lowest BCUT2D eigenvalue weighted by molar-refractivity contribution is -0.121. The number of amides is 1. The summed E-state index contributed by atoms with van der Waals surface area (Å²) in [5.41, 5.74) is 3.03. The maximum Gasteiger partial charge on any atom is 0.227 e. The highest BCUT2D eigenvalue weighted by Crippen LogP contribution is 2.48. The lowest BCUT2D eigenvalue weighted by Crippen LogP contribution is -2.58. The number of rotatable bonds is 3. The van der Waals surface area contributed by atoms with Crippen LogP contribution in [0.4, 0.5) is 15.8 Å². The maximum absolute atomic E-state index is 13.7. The van der Waals surface area contributed by atoms with Gasteiger partial charge in [-0.1, -0.05) is 18.2 Å². The molecular formula is C24H24FN3O. The molecule has 1 saturated carbocycles. The van der Waals surface area contributed by atoms with E-state index in [0.29, 0.717) is 0 Å². The van der Waals surface area contributed by atoms with Crippen molar-refractivity contribution in [3.63, 3.8) is 0 Å². The molecule has 0 bridgehead atoms. The van der Waals surface area contributed by atoms with Gasteiger partial charge >= 0.3 is 0 Å². The van der Waals surface area contributed by atoms with E-state index in [1.807, 2.05) is 36.4 Å². The predicted octanol–water partition coefficient (Wildman–Crippen LogP) is 5.01. The van der Waals surface area contributed by atoms with E-state index in [4.69, 9.17) is 0 Å². The van der Waals surface area contributed by atoms with Crippen molar-refractivity contribution in [2.45, 2.75) is 25.7 Å². The fraction of sp³-hybridized carbons (Fsp3) is 0.333. The lowest BCUT2D eigenvalue weighted by Gasteiger charge is -2.54. The minimum Gasteiger partial charge on any atom is -0.370 e. The van der Waals surface area contributed by atoms with E-state index < -0.39 is 0 Å². The number of benzene rings is 2. The third-order valence-electron chi connectivity index (χ3n) is 6.53. The van der Waals surface area contributed by atoms with Crippen LogP contribution in [0.25, 0.3) is 10.9 Å². The zero-order valence-electron chi connectivity index (χ0n) is 16.3. The summed E-state index contributed by atoms with van der Waals surface area (Å²) in [6.07, 6.45) is 5.78. The van der Waals surface area contributed by atoms with Crippen LogP contribution in [0.5, 0.6) is 0 Å². The number of anilines is 2. The van der Waals surface area contributed by atoms with Crippen molar-refractivity contribution >= 4 is 28.2 Å². The first kappa shape index (κ1) is 18.1. The van der Waals surface area contributed by atoms with Crippen molar-refractivity contribution < 1.29 is 9.18 Å². The number of hydrogen-bond donors (Lipinski definition) is 1. The van der Waals surface area contributed by atoms with Gasteiger partial charge in [0.1, 0.15) is 5.82 Å². The number of para-hydroxylation sites is 1. The van der Waals surface area contributed by atoms with E-state index in [-0.39, 0.29) is 23.1 Å². The number of fused-ring (bicyclic) bond motifs is 1. The molecule has 0 atom stereocenters. The first-order valence-electron chi connectivity index (χ1n) is 10.3. The van der Waals surface area contributed by atoms with Crippen LogP contribution in [0.2, 0.25) is 0 Å². The second-order valence-electron chi connectivity index (χ2n) is 8.48. The Morgan fingerprint density at radius 1 is 1.07 bits per heavy atom. The first-order valence-corrected chi connectivity index (χ1v) is 10.3. The molecule has 0 unspecified atom stereocenters. The van der Waals surface area contributed by atoms with Crippen molar-refractivity contribution in [1.82, 2.24) is 4.98 Å². The van der Waals surface area contributed by atoms with Crippen LogP contribution in [0.15, 0.2) is 60.8 Å². The van der Waals surface area contributed by atoms with Crippen LogP contribution in [0, 0.1) is 17.2 Å². The van der Waals surface area contributed by atoms with E-state index in [1.54, 1.807) is 18.3 Å². The summed E-state index contributed by atoms with van der Waals surface area (Å²) in [4.78, 5) is 19.3. The van der Waals surface area contributed by atoms with Crippen molar-refractivity contribution in [2.75, 3.05) is 23.3 Å². The van der Waals surface area contributed by atoms with Gasteiger partial charge in [-0.3, -0.25) is 9.78 Å². The van der Waals surface area contributed by atoms with Gasteiger partial charge in [0.15, 0.2) is 0 Å². The summed E-state index contributed by atoms with van der Waals surface area (Å²) < 4.78 is 13.7. The molecule has 0 radical (unpaired) electrons. The highest BCUT2D eigenvalue weighted by molar-refractivity contribution is 5.93. The molecule has 2 heterocycles. The van der Waals surface area contributed by atoms with Crippen molar-refractivity contribution in [2.24, 2.45) is 11.3 Å². The van der Waals surface area contributed by atoms with Gasteiger partial charge in [-0.25, -0.2) is 4.39 Å². The normalized spacial score (nSPS) is 18.6. The Hall–Kier alpha value is -2.95. The summed E-state index contributed by atoms with van der Waals surface area (Å²) >= 11 is 0. The molecule has 148 valence electrons. The molecule has 5 rings (SSSR count). The Morgan fingerprint density at radius 3 is 2.59 bits per heavy atom. The molecule has 2 aromatic carbocycles. The van der Waals surface area contributed by atoms with Gasteiger partial charge in [-0.05, 0) is 62.1 Å². The molecular weight excluding hydrogens is 365 g/mol. The van der Waals surface area contributed by atoms with Crippen molar-refractivity contribution in [3.05, 3.63) is 66.6 Å². The molecule has 4 nitrogen and oxygen atoms in total. The van der Waals surface area contributed by atoms with E-state index in [9.17, 15) is 9.18 Å². The molecule has 1 amide bonds. The molecule has 29 heavy (non-hydrogen) atoms.